The van der Waals surface area contributed by atoms with Crippen LogP contribution < -0.4 is 15.4 Å². The predicted octanol–water partition coefficient (Wildman–Crippen LogP) is 3.72. The van der Waals surface area contributed by atoms with Gasteiger partial charge in [-0.1, -0.05) is 0 Å². The molecular formula is C21H24N2O6S. The monoisotopic (exact) mass is 432 g/mol. The summed E-state index contributed by atoms with van der Waals surface area (Å²) in [6.07, 6.45) is 0. The van der Waals surface area contributed by atoms with Crippen molar-refractivity contribution in [2.45, 2.75) is 34.6 Å². The zero-order valence-electron chi connectivity index (χ0n) is 17.5. The van der Waals surface area contributed by atoms with Crippen LogP contribution in [0.4, 0.5) is 10.7 Å². The van der Waals surface area contributed by atoms with Crippen molar-refractivity contribution in [1.82, 2.24) is 0 Å². The third kappa shape index (κ3) is 5.66. The van der Waals surface area contributed by atoms with Crippen molar-refractivity contribution in [1.29, 1.82) is 0 Å². The maximum Gasteiger partial charge on any atom is 0.341 e. The van der Waals surface area contributed by atoms with Gasteiger partial charge in [-0.25, -0.2) is 4.79 Å². The molecule has 0 aliphatic heterocycles. The molecule has 160 valence electrons. The number of hydrogen-bond donors (Lipinski definition) is 2. The summed E-state index contributed by atoms with van der Waals surface area (Å²) in [5.74, 6) is -1.30. The Hall–Kier alpha value is -3.20. The third-order valence-electron chi connectivity index (χ3n) is 4.18. The molecular weight excluding hydrogens is 408 g/mol. The lowest BCUT2D eigenvalue weighted by molar-refractivity contribution is -0.118. The second-order valence-electron chi connectivity index (χ2n) is 6.49. The number of thiophene rings is 1. The molecule has 0 aliphatic carbocycles. The van der Waals surface area contributed by atoms with Gasteiger partial charge in [0.2, 0.25) is 5.91 Å². The minimum Gasteiger partial charge on any atom is -0.482 e. The highest BCUT2D eigenvalue weighted by molar-refractivity contribution is 7.16. The summed E-state index contributed by atoms with van der Waals surface area (Å²) >= 11 is 1.27. The number of ketones is 1. The number of benzene rings is 1. The topological polar surface area (TPSA) is 111 Å². The molecule has 2 amide bonds. The first kappa shape index (κ1) is 23.1. The van der Waals surface area contributed by atoms with Gasteiger partial charge in [-0.15, -0.1) is 11.3 Å². The van der Waals surface area contributed by atoms with Gasteiger partial charge in [0.1, 0.15) is 10.8 Å². The van der Waals surface area contributed by atoms with Gasteiger partial charge < -0.3 is 20.1 Å². The molecule has 0 unspecified atom stereocenters. The lowest BCUT2D eigenvalue weighted by Gasteiger charge is -2.13. The molecule has 0 radical (unpaired) electrons. The van der Waals surface area contributed by atoms with Crippen molar-refractivity contribution in [3.8, 4) is 5.75 Å². The average Bonchev–Trinajstić information content (AvgIpc) is 2.93. The number of carbonyl (C=O) groups is 4. The van der Waals surface area contributed by atoms with Gasteiger partial charge in [-0.2, -0.15) is 0 Å². The summed E-state index contributed by atoms with van der Waals surface area (Å²) in [5, 5.41) is 5.66. The van der Waals surface area contributed by atoms with Crippen molar-refractivity contribution >= 4 is 45.6 Å². The third-order valence-corrected chi connectivity index (χ3v) is 5.30. The number of aryl methyl sites for hydroxylation is 1. The number of ether oxygens (including phenoxy) is 2. The van der Waals surface area contributed by atoms with Crippen molar-refractivity contribution in [2.24, 2.45) is 0 Å². The Morgan fingerprint density at radius 3 is 2.37 bits per heavy atom. The van der Waals surface area contributed by atoms with E-state index in [4.69, 9.17) is 9.47 Å². The molecule has 0 saturated heterocycles. The Bertz CT molecular complexity index is 996. The average molecular weight is 432 g/mol. The van der Waals surface area contributed by atoms with E-state index >= 15 is 0 Å². The van der Waals surface area contributed by atoms with Crippen LogP contribution in [0, 0.1) is 13.8 Å². The Kier molecular flexibility index (Phi) is 7.71. The van der Waals surface area contributed by atoms with Crippen LogP contribution in [-0.2, 0) is 14.3 Å². The summed E-state index contributed by atoms with van der Waals surface area (Å²) in [6.45, 7) is 7.93. The second-order valence-corrected chi connectivity index (χ2v) is 7.72. The summed E-state index contributed by atoms with van der Waals surface area (Å²) in [6, 6.07) is 4.56. The Morgan fingerprint density at radius 2 is 1.77 bits per heavy atom. The zero-order chi connectivity index (χ0) is 22.4. The maximum absolute atomic E-state index is 12.5. The second kappa shape index (κ2) is 10.0. The van der Waals surface area contributed by atoms with Crippen LogP contribution in [0.2, 0.25) is 0 Å². The first-order valence-electron chi connectivity index (χ1n) is 9.26. The maximum atomic E-state index is 12.5. The molecule has 2 aromatic rings. The van der Waals surface area contributed by atoms with Crippen LogP contribution in [0.15, 0.2) is 18.2 Å². The van der Waals surface area contributed by atoms with Crippen LogP contribution >= 0.6 is 11.3 Å². The van der Waals surface area contributed by atoms with Gasteiger partial charge in [0, 0.05) is 17.4 Å². The molecule has 8 nitrogen and oxygen atoms in total. The first-order chi connectivity index (χ1) is 14.1. The highest BCUT2D eigenvalue weighted by Gasteiger charge is 2.22. The molecule has 30 heavy (non-hydrogen) atoms. The number of hydrogen-bond acceptors (Lipinski definition) is 7. The van der Waals surface area contributed by atoms with Gasteiger partial charge in [-0.05, 0) is 51.5 Å². The lowest BCUT2D eigenvalue weighted by atomic mass is 10.1. The van der Waals surface area contributed by atoms with Crippen molar-refractivity contribution in [2.75, 3.05) is 23.8 Å². The number of anilines is 2. The molecule has 1 heterocycles. The van der Waals surface area contributed by atoms with Gasteiger partial charge in [-0.3, -0.25) is 14.4 Å². The fraction of sp³-hybridized carbons (Fsp3) is 0.333. The molecule has 0 bridgehead atoms. The number of carbonyl (C=O) groups excluding carboxylic acids is 4. The van der Waals surface area contributed by atoms with Crippen LogP contribution in [0.1, 0.15) is 51.9 Å². The highest BCUT2D eigenvalue weighted by Crippen LogP contribution is 2.33. The normalized spacial score (nSPS) is 10.3. The fourth-order valence-corrected chi connectivity index (χ4v) is 3.69. The van der Waals surface area contributed by atoms with Crippen molar-refractivity contribution < 1.29 is 28.7 Å². The number of nitrogens with one attached hydrogen (secondary N) is 2. The van der Waals surface area contributed by atoms with Gasteiger partial charge >= 0.3 is 5.97 Å². The smallest absolute Gasteiger partial charge is 0.341 e. The van der Waals surface area contributed by atoms with Crippen molar-refractivity contribution in [3.63, 3.8) is 0 Å². The number of amides is 2. The van der Waals surface area contributed by atoms with E-state index in [0.29, 0.717) is 21.8 Å². The van der Waals surface area contributed by atoms with Crippen LogP contribution in [0.3, 0.4) is 0 Å². The summed E-state index contributed by atoms with van der Waals surface area (Å²) < 4.78 is 10.6. The van der Waals surface area contributed by atoms with E-state index in [0.717, 1.165) is 10.4 Å². The summed E-state index contributed by atoms with van der Waals surface area (Å²) in [7, 11) is 0. The molecule has 0 aliphatic rings. The van der Waals surface area contributed by atoms with Gasteiger partial charge in [0.05, 0.1) is 17.9 Å². The van der Waals surface area contributed by atoms with Crippen LogP contribution in [-0.4, -0.2) is 36.8 Å². The first-order valence-corrected chi connectivity index (χ1v) is 10.1. The fourth-order valence-electron chi connectivity index (χ4n) is 2.62. The minimum atomic E-state index is -0.502. The van der Waals surface area contributed by atoms with E-state index in [-0.39, 0.29) is 30.7 Å². The number of esters is 1. The lowest BCUT2D eigenvalue weighted by Crippen LogP contribution is -2.22. The Labute approximate surface area is 178 Å². The van der Waals surface area contributed by atoms with E-state index in [2.05, 4.69) is 10.6 Å². The van der Waals surface area contributed by atoms with E-state index in [1.54, 1.807) is 19.9 Å². The molecule has 1 aromatic heterocycles. The van der Waals surface area contributed by atoms with Gasteiger partial charge in [0.15, 0.2) is 12.4 Å². The molecule has 0 saturated carbocycles. The van der Waals surface area contributed by atoms with E-state index < -0.39 is 11.9 Å². The van der Waals surface area contributed by atoms with Crippen LogP contribution in [0.25, 0.3) is 0 Å². The minimum absolute atomic E-state index is 0.178. The SMILES string of the molecule is CCOC(=O)c1c(NC(=O)COc2cc(C(C)=O)ccc2NC(C)=O)sc(C)c1C. The van der Waals surface area contributed by atoms with Gasteiger partial charge in [0.25, 0.3) is 5.91 Å². The molecule has 0 atom stereocenters. The largest absolute Gasteiger partial charge is 0.482 e. The highest BCUT2D eigenvalue weighted by atomic mass is 32.1. The van der Waals surface area contributed by atoms with E-state index in [9.17, 15) is 19.2 Å². The molecule has 1 aromatic carbocycles. The zero-order valence-corrected chi connectivity index (χ0v) is 18.3. The summed E-state index contributed by atoms with van der Waals surface area (Å²) in [5.41, 5.74) is 1.80. The summed E-state index contributed by atoms with van der Waals surface area (Å²) in [4.78, 5) is 48.6. The Balaban J connectivity index is 2.18. The molecule has 0 spiro atoms. The molecule has 9 heteroatoms. The predicted molar refractivity (Wildman–Crippen MR) is 115 cm³/mol. The Morgan fingerprint density at radius 1 is 1.07 bits per heavy atom. The molecule has 2 rings (SSSR count). The quantitative estimate of drug-likeness (QED) is 0.486. The standard InChI is InChI=1S/C21H24N2O6S/c1-6-28-21(27)19-11(2)13(4)30-20(19)23-18(26)10-29-17-9-15(12(3)24)7-8-16(17)22-14(5)25/h7-9H,6,10H2,1-5H3,(H,22,25)(H,23,26). The van der Waals surface area contributed by atoms with Crippen molar-refractivity contribution in [3.05, 3.63) is 39.8 Å². The number of rotatable bonds is 8. The van der Waals surface area contributed by atoms with E-state index in [1.807, 2.05) is 6.92 Å². The van der Waals surface area contributed by atoms with E-state index in [1.165, 1.54) is 37.3 Å². The van der Waals surface area contributed by atoms with Crippen LogP contribution in [0.5, 0.6) is 5.75 Å². The molecule has 0 fully saturated rings. The number of Topliss-reactive ketones (excluding diaryl/α,β-unsaturated/α-hetero) is 1. The molecule has 2 N–H and O–H groups in total.